The zero-order valence-electron chi connectivity index (χ0n) is 8.52. The van der Waals surface area contributed by atoms with Crippen LogP contribution in [-0.2, 0) is 35.4 Å². The van der Waals surface area contributed by atoms with Gasteiger partial charge in [0, 0.05) is 0 Å². The van der Waals surface area contributed by atoms with Crippen molar-refractivity contribution in [2.45, 2.75) is 18.4 Å². The third-order valence-electron chi connectivity index (χ3n) is 1.29. The number of carboxylic acid groups (broad SMARTS) is 3. The van der Waals surface area contributed by atoms with E-state index in [0.29, 0.717) is 0 Å². The van der Waals surface area contributed by atoms with E-state index in [0.717, 1.165) is 0 Å². The van der Waals surface area contributed by atoms with Crippen molar-refractivity contribution in [2.24, 2.45) is 0 Å². The summed E-state index contributed by atoms with van der Waals surface area (Å²) in [5, 5.41) is 33.8. The van der Waals surface area contributed by atoms with E-state index in [4.69, 9.17) is 36.5 Å². The molecule has 107 valence electrons. The van der Waals surface area contributed by atoms with Crippen molar-refractivity contribution in [1.29, 1.82) is 0 Å². The standard InChI is InChI=1S/C6H8O7.Mn.2H2O.2O/c7-3(8)1-6(13,5(11)12)2-4(9)10;;;;;/h13H,1-2H2,(H,7,8)(H,9,10)(H,11,12);;2*1H2;;/q;+2;;;;/p-2. The van der Waals surface area contributed by atoms with Crippen LogP contribution in [0, 0.1) is 0 Å². The molecule has 0 spiro atoms. The van der Waals surface area contributed by atoms with Crippen LogP contribution in [0.5, 0.6) is 0 Å². The van der Waals surface area contributed by atoms with E-state index in [-0.39, 0.29) is 0 Å². The molecule has 0 saturated heterocycles. The summed E-state index contributed by atoms with van der Waals surface area (Å²) < 4.78 is 31.8. The Hall–Kier alpha value is -1.59. The van der Waals surface area contributed by atoms with Crippen molar-refractivity contribution in [3.63, 3.8) is 0 Å². The molecule has 0 heterocycles. The quantitative estimate of drug-likeness (QED) is 0.290. The molecule has 18 heavy (non-hydrogen) atoms. The van der Waals surface area contributed by atoms with Crippen LogP contribution < -0.4 is 0 Å². The fourth-order valence-corrected chi connectivity index (χ4v) is 0.714. The van der Waals surface area contributed by atoms with E-state index in [9.17, 15) is 14.4 Å². The molecule has 0 saturated carbocycles. The van der Waals surface area contributed by atoms with Gasteiger partial charge >= 0.3 is 47.3 Å². The molecular formula is C6H10MnO11. The van der Waals surface area contributed by atoms with Gasteiger partial charge in [-0.3, -0.25) is 9.59 Å². The predicted molar refractivity (Wildman–Crippen MR) is 42.9 cm³/mol. The van der Waals surface area contributed by atoms with Crippen LogP contribution in [0.15, 0.2) is 0 Å². The first kappa shape index (κ1) is 18.8. The Bertz CT molecular complexity index is 397. The average molecular weight is 313 g/mol. The Morgan fingerprint density at radius 1 is 0.889 bits per heavy atom. The normalized spacial score (nSPS) is 11.1. The van der Waals surface area contributed by atoms with Gasteiger partial charge in [0.25, 0.3) is 0 Å². The van der Waals surface area contributed by atoms with Gasteiger partial charge in [-0.25, -0.2) is 4.79 Å². The van der Waals surface area contributed by atoms with Gasteiger partial charge < -0.3 is 20.4 Å². The van der Waals surface area contributed by atoms with Gasteiger partial charge in [-0.2, -0.15) is 0 Å². The molecule has 12 heteroatoms. The molecule has 0 atom stereocenters. The second-order valence-electron chi connectivity index (χ2n) is 2.89. The topological polar surface area (TPSA) is 207 Å². The number of carbonyl (C=O) groups is 3. The molecule has 0 unspecified atom stereocenters. The van der Waals surface area contributed by atoms with Gasteiger partial charge in [-0.05, 0) is 0 Å². The van der Waals surface area contributed by atoms with Crippen molar-refractivity contribution < 1.29 is 64.2 Å². The van der Waals surface area contributed by atoms with Crippen molar-refractivity contribution in [3.8, 4) is 0 Å². The second-order valence-corrected chi connectivity index (χ2v) is 4.19. The molecule has 0 amide bonds. The number of hydrogen-bond donors (Lipinski definition) is 6. The third-order valence-corrected chi connectivity index (χ3v) is 1.29. The van der Waals surface area contributed by atoms with Crippen LogP contribution in [0.25, 0.3) is 0 Å². The number of hydrogen-bond acceptors (Lipinski definition) is 6. The third kappa shape index (κ3) is 12.5. The molecular weight excluding hydrogens is 303 g/mol. The van der Waals surface area contributed by atoms with Crippen LogP contribution in [0.4, 0.5) is 0 Å². The fourth-order valence-electron chi connectivity index (χ4n) is 0.714. The molecule has 0 aliphatic carbocycles. The zero-order valence-corrected chi connectivity index (χ0v) is 9.70. The number of carboxylic acids is 3. The van der Waals surface area contributed by atoms with Gasteiger partial charge in [0.15, 0.2) is 5.60 Å². The minimum absolute atomic E-state index is 1.14. The molecule has 0 radical (unpaired) electrons. The van der Waals surface area contributed by atoms with E-state index >= 15 is 0 Å². The molecule has 0 aromatic carbocycles. The monoisotopic (exact) mass is 313 g/mol. The molecule has 0 bridgehead atoms. The van der Waals surface area contributed by atoms with Crippen molar-refractivity contribution in [3.05, 3.63) is 0 Å². The van der Waals surface area contributed by atoms with Gasteiger partial charge in [-0.1, -0.05) is 0 Å². The Morgan fingerprint density at radius 3 is 1.22 bits per heavy atom. The Labute approximate surface area is 101 Å². The predicted octanol–water partition coefficient (Wildman–Crippen LogP) is -2.60. The van der Waals surface area contributed by atoms with Gasteiger partial charge in [-0.15, -0.1) is 0 Å². The molecule has 0 aliphatic rings. The molecule has 0 rings (SSSR count). The second kappa shape index (κ2) is 6.98. The molecule has 6 N–H and O–H groups in total. The number of aliphatic carboxylic acids is 3. The molecule has 11 nitrogen and oxygen atoms in total. The molecule has 0 fully saturated rings. The summed E-state index contributed by atoms with van der Waals surface area (Å²) in [6.07, 6.45) is -2.29. The summed E-state index contributed by atoms with van der Waals surface area (Å²) in [6, 6.07) is 0. The van der Waals surface area contributed by atoms with E-state index in [1.807, 2.05) is 0 Å². The maximum atomic E-state index is 10.3. The van der Waals surface area contributed by atoms with E-state index in [2.05, 4.69) is 0 Å². The van der Waals surface area contributed by atoms with Gasteiger partial charge in [0.05, 0.1) is 12.8 Å². The average Bonchev–Trinajstić information content (AvgIpc) is 1.95. The van der Waals surface area contributed by atoms with E-state index in [1.165, 1.54) is 0 Å². The van der Waals surface area contributed by atoms with Crippen molar-refractivity contribution in [2.75, 3.05) is 0 Å². The zero-order chi connectivity index (χ0) is 15.1. The number of rotatable bonds is 5. The van der Waals surface area contributed by atoms with Gasteiger partial charge in [0.1, 0.15) is 0 Å². The van der Waals surface area contributed by atoms with Crippen LogP contribution in [0.2, 0.25) is 0 Å². The Kier molecular flexibility index (Phi) is 7.28. The van der Waals surface area contributed by atoms with Crippen LogP contribution in [0.1, 0.15) is 12.8 Å². The summed E-state index contributed by atoms with van der Waals surface area (Å²) >= 11 is -5.12. The van der Waals surface area contributed by atoms with Crippen LogP contribution in [-0.4, -0.2) is 52.3 Å². The fraction of sp³-hybridized carbons (Fsp3) is 0.500. The SMILES string of the molecule is O=C(O)CC(O)(CC(=O)O)C(=O)O.[O]=[Mn](=[O])([OH])[OH]. The molecule has 0 aromatic rings. The molecule has 0 aliphatic heterocycles. The summed E-state index contributed by atoms with van der Waals surface area (Å²) in [7, 11) is 0. The summed E-state index contributed by atoms with van der Waals surface area (Å²) in [4.78, 5) is 30.5. The van der Waals surface area contributed by atoms with Crippen molar-refractivity contribution >= 4 is 17.9 Å². The Balaban J connectivity index is 0. The summed E-state index contributed by atoms with van der Waals surface area (Å²) in [5.74, 6) is -5.02. The van der Waals surface area contributed by atoms with Crippen LogP contribution >= 0.6 is 0 Å². The molecule has 0 aromatic heterocycles. The van der Waals surface area contributed by atoms with E-state index < -0.39 is 49.7 Å². The summed E-state index contributed by atoms with van der Waals surface area (Å²) in [5.41, 5.74) is -2.74. The van der Waals surface area contributed by atoms with Crippen molar-refractivity contribution in [1.82, 2.24) is 0 Å². The Morgan fingerprint density at radius 2 is 1.11 bits per heavy atom. The van der Waals surface area contributed by atoms with E-state index in [1.54, 1.807) is 0 Å². The van der Waals surface area contributed by atoms with Gasteiger partial charge in [0.2, 0.25) is 0 Å². The first-order valence-corrected chi connectivity index (χ1v) is 5.84. The first-order chi connectivity index (χ1) is 7.78. The first-order valence-electron chi connectivity index (χ1n) is 3.82. The summed E-state index contributed by atoms with van der Waals surface area (Å²) in [6.45, 7) is 0. The number of aliphatic hydroxyl groups is 1. The van der Waals surface area contributed by atoms with Crippen LogP contribution in [0.3, 0.4) is 0 Å². The maximum absolute atomic E-state index is 10.3. The minimum atomic E-state index is -5.12.